The zero-order valence-electron chi connectivity index (χ0n) is 18.1. The summed E-state index contributed by atoms with van der Waals surface area (Å²) in [4.78, 5) is 33.5. The highest BCUT2D eigenvalue weighted by Crippen LogP contribution is 2.00. The van der Waals surface area contributed by atoms with Crippen LogP contribution in [0.15, 0.2) is 30.3 Å². The molecule has 0 atom stereocenters. The molecule has 0 radical (unpaired) electrons. The van der Waals surface area contributed by atoms with E-state index in [9.17, 15) is 14.4 Å². The van der Waals surface area contributed by atoms with Crippen LogP contribution in [0.3, 0.4) is 0 Å². The molecule has 0 fully saturated rings. The van der Waals surface area contributed by atoms with Crippen LogP contribution in [0, 0.1) is 0 Å². The van der Waals surface area contributed by atoms with Gasteiger partial charge in [0.15, 0.2) is 0 Å². The van der Waals surface area contributed by atoms with E-state index in [1.54, 1.807) is 0 Å². The number of alkyl carbamates (subject to hydrolysis) is 1. The summed E-state index contributed by atoms with van der Waals surface area (Å²) in [6.07, 6.45) is -0.680. The van der Waals surface area contributed by atoms with Gasteiger partial charge in [0.05, 0.1) is 65.8 Å². The molecule has 1 aromatic rings. The standard InChI is InChI=1S/C21H32N2O9/c24-19(16-23-21(27)32-17-18-4-2-1-3-5-18)22-7-9-29-11-13-31-15-14-30-12-10-28-8-6-20(25)26/h1-5H,6-17H2,(H,22,24)(H,23,27)(H,25,26). The van der Waals surface area contributed by atoms with Crippen molar-refractivity contribution >= 4 is 18.0 Å². The molecule has 0 spiro atoms. The highest BCUT2D eigenvalue weighted by Gasteiger charge is 2.06. The third-order valence-corrected chi connectivity index (χ3v) is 3.75. The third-order valence-electron chi connectivity index (χ3n) is 3.75. The maximum absolute atomic E-state index is 11.7. The minimum Gasteiger partial charge on any atom is -0.481 e. The fourth-order valence-corrected chi connectivity index (χ4v) is 2.17. The summed E-state index contributed by atoms with van der Waals surface area (Å²) in [5.74, 6) is -1.23. The lowest BCUT2D eigenvalue weighted by Gasteiger charge is -2.09. The van der Waals surface area contributed by atoms with E-state index in [0.717, 1.165) is 5.56 Å². The molecule has 0 heterocycles. The van der Waals surface area contributed by atoms with E-state index in [1.807, 2.05) is 30.3 Å². The van der Waals surface area contributed by atoms with E-state index >= 15 is 0 Å². The first-order valence-corrected chi connectivity index (χ1v) is 10.3. The minimum atomic E-state index is -0.891. The molecule has 0 bridgehead atoms. The number of carboxylic acids is 1. The van der Waals surface area contributed by atoms with Crippen LogP contribution in [0.4, 0.5) is 4.79 Å². The van der Waals surface area contributed by atoms with Gasteiger partial charge in [-0.15, -0.1) is 0 Å². The smallest absolute Gasteiger partial charge is 0.407 e. The fourth-order valence-electron chi connectivity index (χ4n) is 2.17. The van der Waals surface area contributed by atoms with Crippen LogP contribution in [0.1, 0.15) is 12.0 Å². The van der Waals surface area contributed by atoms with E-state index in [4.69, 9.17) is 28.8 Å². The molecule has 0 saturated heterocycles. The van der Waals surface area contributed by atoms with Crippen molar-refractivity contribution in [1.82, 2.24) is 10.6 Å². The van der Waals surface area contributed by atoms with Gasteiger partial charge in [-0.2, -0.15) is 0 Å². The Hall–Kier alpha value is -2.73. The average molecular weight is 456 g/mol. The average Bonchev–Trinajstić information content (AvgIpc) is 2.79. The molecule has 0 saturated carbocycles. The molecule has 3 N–H and O–H groups in total. The third kappa shape index (κ3) is 17.0. The number of rotatable bonds is 19. The molecule has 0 aliphatic carbocycles. The van der Waals surface area contributed by atoms with Crippen LogP contribution < -0.4 is 10.6 Å². The number of amides is 2. The van der Waals surface area contributed by atoms with Crippen molar-refractivity contribution in [1.29, 1.82) is 0 Å². The molecular weight excluding hydrogens is 424 g/mol. The Morgan fingerprint density at radius 3 is 1.91 bits per heavy atom. The van der Waals surface area contributed by atoms with Gasteiger partial charge >= 0.3 is 12.1 Å². The van der Waals surface area contributed by atoms with Gasteiger partial charge in [0, 0.05) is 6.54 Å². The Bertz CT molecular complexity index is 643. The Morgan fingerprint density at radius 1 is 0.750 bits per heavy atom. The summed E-state index contributed by atoms with van der Waals surface area (Å²) in [5, 5.41) is 13.4. The van der Waals surface area contributed by atoms with Crippen molar-refractivity contribution in [3.63, 3.8) is 0 Å². The van der Waals surface area contributed by atoms with Gasteiger partial charge in [-0.05, 0) is 5.56 Å². The van der Waals surface area contributed by atoms with Gasteiger partial charge in [-0.3, -0.25) is 9.59 Å². The first kappa shape index (κ1) is 27.3. The van der Waals surface area contributed by atoms with E-state index in [0.29, 0.717) is 52.8 Å². The highest BCUT2D eigenvalue weighted by atomic mass is 16.6. The normalized spacial score (nSPS) is 10.5. The van der Waals surface area contributed by atoms with Crippen molar-refractivity contribution in [2.45, 2.75) is 13.0 Å². The molecule has 0 aliphatic rings. The maximum atomic E-state index is 11.7. The lowest BCUT2D eigenvalue weighted by Crippen LogP contribution is -2.38. The molecule has 0 aromatic heterocycles. The summed E-state index contributed by atoms with van der Waals surface area (Å²) in [6, 6.07) is 9.24. The lowest BCUT2D eigenvalue weighted by molar-refractivity contribution is -0.138. The van der Waals surface area contributed by atoms with Gasteiger partial charge in [-0.1, -0.05) is 30.3 Å². The van der Waals surface area contributed by atoms with Crippen LogP contribution in [0.5, 0.6) is 0 Å². The molecule has 1 aromatic carbocycles. The number of nitrogens with one attached hydrogen (secondary N) is 2. The molecule has 11 nitrogen and oxygen atoms in total. The Kier molecular flexibility index (Phi) is 16.2. The minimum absolute atomic E-state index is 0.0203. The van der Waals surface area contributed by atoms with Gasteiger partial charge in [0.25, 0.3) is 0 Å². The van der Waals surface area contributed by atoms with Gasteiger partial charge in [0.2, 0.25) is 5.91 Å². The summed E-state index contributed by atoms with van der Waals surface area (Å²) in [5.41, 5.74) is 0.861. The van der Waals surface area contributed by atoms with Gasteiger partial charge in [-0.25, -0.2) is 4.79 Å². The van der Waals surface area contributed by atoms with Crippen LogP contribution in [-0.2, 0) is 39.9 Å². The number of benzene rings is 1. The first-order chi connectivity index (χ1) is 15.6. The van der Waals surface area contributed by atoms with Crippen molar-refractivity contribution in [3.05, 3.63) is 35.9 Å². The summed E-state index contributed by atoms with van der Waals surface area (Å²) in [6.45, 7) is 3.04. The Labute approximate surface area is 187 Å². The summed E-state index contributed by atoms with van der Waals surface area (Å²) >= 11 is 0. The molecule has 0 aliphatic heterocycles. The predicted octanol–water partition coefficient (Wildman–Crippen LogP) is 0.570. The predicted molar refractivity (Wildman–Crippen MR) is 113 cm³/mol. The second kappa shape index (κ2) is 19.0. The Balaban J connectivity index is 1.81. The molecule has 2 amide bonds. The van der Waals surface area contributed by atoms with E-state index in [-0.39, 0.29) is 32.1 Å². The molecule has 0 unspecified atom stereocenters. The van der Waals surface area contributed by atoms with Crippen molar-refractivity contribution in [2.24, 2.45) is 0 Å². The Morgan fingerprint density at radius 2 is 1.31 bits per heavy atom. The number of carbonyl (C=O) groups excluding carboxylic acids is 2. The molecule has 180 valence electrons. The monoisotopic (exact) mass is 456 g/mol. The number of ether oxygens (including phenoxy) is 5. The van der Waals surface area contributed by atoms with E-state index in [2.05, 4.69) is 10.6 Å². The lowest BCUT2D eigenvalue weighted by atomic mass is 10.2. The SMILES string of the molecule is O=C(O)CCOCCOCCOCCOCCNC(=O)CNC(=O)OCc1ccccc1. The van der Waals surface area contributed by atoms with Crippen LogP contribution in [0.2, 0.25) is 0 Å². The second-order valence-electron chi connectivity index (χ2n) is 6.36. The zero-order valence-corrected chi connectivity index (χ0v) is 18.1. The number of hydrogen-bond donors (Lipinski definition) is 3. The number of hydrogen-bond acceptors (Lipinski definition) is 8. The van der Waals surface area contributed by atoms with Crippen molar-refractivity contribution in [2.75, 3.05) is 65.9 Å². The van der Waals surface area contributed by atoms with Crippen LogP contribution >= 0.6 is 0 Å². The summed E-state index contributed by atoms with van der Waals surface area (Å²) in [7, 11) is 0. The maximum Gasteiger partial charge on any atom is 0.407 e. The van der Waals surface area contributed by atoms with Crippen molar-refractivity contribution in [3.8, 4) is 0 Å². The molecular formula is C21H32N2O9. The van der Waals surface area contributed by atoms with E-state index in [1.165, 1.54) is 0 Å². The fraction of sp³-hybridized carbons (Fsp3) is 0.571. The molecule has 11 heteroatoms. The second-order valence-corrected chi connectivity index (χ2v) is 6.36. The van der Waals surface area contributed by atoms with Gasteiger partial charge < -0.3 is 39.4 Å². The van der Waals surface area contributed by atoms with Crippen LogP contribution in [-0.4, -0.2) is 89.0 Å². The largest absolute Gasteiger partial charge is 0.481 e. The summed E-state index contributed by atoms with van der Waals surface area (Å²) < 4.78 is 26.0. The molecule has 32 heavy (non-hydrogen) atoms. The zero-order chi connectivity index (χ0) is 23.3. The molecule has 1 rings (SSSR count). The van der Waals surface area contributed by atoms with Gasteiger partial charge in [0.1, 0.15) is 6.61 Å². The van der Waals surface area contributed by atoms with Crippen molar-refractivity contribution < 1.29 is 43.2 Å². The number of carboxylic acid groups (broad SMARTS) is 1. The number of aliphatic carboxylic acids is 1. The topological polar surface area (TPSA) is 142 Å². The highest BCUT2D eigenvalue weighted by molar-refractivity contribution is 5.82. The first-order valence-electron chi connectivity index (χ1n) is 10.3. The van der Waals surface area contributed by atoms with Crippen LogP contribution in [0.25, 0.3) is 0 Å². The number of carbonyl (C=O) groups is 3. The quantitative estimate of drug-likeness (QED) is 0.255. The van der Waals surface area contributed by atoms with E-state index < -0.39 is 12.1 Å².